The molecule has 2 aliphatic carbocycles. The molecular weight excluding hydrogens is 584 g/mol. The van der Waals surface area contributed by atoms with Gasteiger partial charge in [0.15, 0.2) is 0 Å². The summed E-state index contributed by atoms with van der Waals surface area (Å²) in [5, 5.41) is 29.0. The van der Waals surface area contributed by atoms with Gasteiger partial charge in [0.25, 0.3) is 0 Å². The Morgan fingerprint density at radius 1 is 0.638 bits per heavy atom. The van der Waals surface area contributed by atoms with Crippen molar-refractivity contribution in [1.82, 2.24) is 10.6 Å². The van der Waals surface area contributed by atoms with Gasteiger partial charge in [0.2, 0.25) is 0 Å². The van der Waals surface area contributed by atoms with E-state index >= 15 is 0 Å². The topological polar surface area (TPSA) is 83.0 Å². The fourth-order valence-electron chi connectivity index (χ4n) is 11.8. The van der Waals surface area contributed by atoms with E-state index in [1.807, 2.05) is 18.2 Å². The van der Waals surface area contributed by atoms with Crippen LogP contribution >= 0.6 is 0 Å². The molecule has 4 bridgehead atoms. The fourth-order valence-corrected chi connectivity index (χ4v) is 11.8. The average Bonchev–Trinajstić information content (AvgIpc) is 3.31. The molecule has 6 aliphatic rings. The van der Waals surface area contributed by atoms with Gasteiger partial charge in [-0.1, -0.05) is 38.8 Å². The monoisotopic (exact) mass is 642 g/mol. The molecule has 47 heavy (non-hydrogen) atoms. The lowest BCUT2D eigenvalue weighted by Gasteiger charge is -2.55. The van der Waals surface area contributed by atoms with Gasteiger partial charge in [-0.15, -0.1) is 0 Å². The first-order chi connectivity index (χ1) is 22.7. The highest BCUT2D eigenvalue weighted by Crippen LogP contribution is 2.54. The van der Waals surface area contributed by atoms with Crippen molar-refractivity contribution in [2.75, 3.05) is 26.4 Å². The van der Waals surface area contributed by atoms with Crippen molar-refractivity contribution in [1.29, 1.82) is 0 Å². The van der Waals surface area contributed by atoms with E-state index in [0.29, 0.717) is 48.6 Å². The first kappa shape index (κ1) is 32.1. The van der Waals surface area contributed by atoms with E-state index < -0.39 is 0 Å². The minimum absolute atomic E-state index is 0.0878. The summed E-state index contributed by atoms with van der Waals surface area (Å²) in [5.41, 5.74) is 6.26. The summed E-state index contributed by atoms with van der Waals surface area (Å²) in [6.07, 6.45) is 18.0. The number of phenolic OH excluding ortho intramolecular Hbond substituents is 2. The Labute approximate surface area is 282 Å². The molecule has 6 heteroatoms. The van der Waals surface area contributed by atoms with Gasteiger partial charge in [-0.2, -0.15) is 0 Å². The summed E-state index contributed by atoms with van der Waals surface area (Å²) in [7, 11) is 0. The SMILES string of the molecule is C[C@@]12CCCC3(CCOCCOCCCC45CCC[C@H]6Cc7ccc(O)cc7[C@@](C)(CC4)[C@H]6N5)CC[C@@H](Cc4ccc(O)cc41)[C@@H]2N3. The van der Waals surface area contributed by atoms with Gasteiger partial charge in [0, 0.05) is 47.2 Å². The Kier molecular flexibility index (Phi) is 8.43. The molecule has 4 aliphatic heterocycles. The highest BCUT2D eigenvalue weighted by molar-refractivity contribution is 5.46. The van der Waals surface area contributed by atoms with E-state index in [1.165, 1.54) is 92.9 Å². The summed E-state index contributed by atoms with van der Waals surface area (Å²) in [5.74, 6) is 2.18. The highest BCUT2D eigenvalue weighted by Gasteiger charge is 2.54. The van der Waals surface area contributed by atoms with E-state index in [-0.39, 0.29) is 21.9 Å². The second kappa shape index (κ2) is 12.3. The predicted octanol–water partition coefficient (Wildman–Crippen LogP) is 7.21. The number of ether oxygens (including phenoxy) is 2. The number of aromatic hydroxyl groups is 2. The zero-order valence-corrected chi connectivity index (χ0v) is 28.9. The zero-order chi connectivity index (χ0) is 32.3. The van der Waals surface area contributed by atoms with Gasteiger partial charge in [-0.3, -0.25) is 0 Å². The average molecular weight is 643 g/mol. The van der Waals surface area contributed by atoms with Crippen LogP contribution in [0.4, 0.5) is 0 Å². The third kappa shape index (κ3) is 5.73. The van der Waals surface area contributed by atoms with Crippen LogP contribution in [0.1, 0.15) is 120 Å². The lowest BCUT2D eigenvalue weighted by atomic mass is 9.58. The van der Waals surface area contributed by atoms with Crippen molar-refractivity contribution in [3.05, 3.63) is 58.7 Å². The number of benzene rings is 2. The maximum absolute atomic E-state index is 10.3. The molecule has 0 radical (unpaired) electrons. The molecular formula is C41H58N2O4. The Hall–Kier alpha value is -2.12. The summed E-state index contributed by atoms with van der Waals surface area (Å²) >= 11 is 0. The Morgan fingerprint density at radius 2 is 1.23 bits per heavy atom. The van der Waals surface area contributed by atoms with E-state index in [2.05, 4.69) is 42.7 Å². The molecule has 0 aromatic heterocycles. The van der Waals surface area contributed by atoms with Crippen LogP contribution in [0.5, 0.6) is 11.5 Å². The first-order valence-electron chi connectivity index (χ1n) is 19.1. The van der Waals surface area contributed by atoms with Crippen molar-refractivity contribution in [2.45, 2.75) is 144 Å². The minimum Gasteiger partial charge on any atom is -0.508 e. The zero-order valence-electron chi connectivity index (χ0n) is 28.9. The van der Waals surface area contributed by atoms with E-state index in [1.54, 1.807) is 0 Å². The van der Waals surface area contributed by atoms with Gasteiger partial charge in [0.1, 0.15) is 11.5 Å². The number of hydrogen-bond acceptors (Lipinski definition) is 6. The third-order valence-corrected chi connectivity index (χ3v) is 14.4. The number of hydrogen-bond donors (Lipinski definition) is 4. The smallest absolute Gasteiger partial charge is 0.115 e. The van der Waals surface area contributed by atoms with E-state index in [0.717, 1.165) is 38.9 Å². The van der Waals surface area contributed by atoms with Gasteiger partial charge >= 0.3 is 0 Å². The number of fused-ring (bicyclic) bond motifs is 6. The van der Waals surface area contributed by atoms with Crippen molar-refractivity contribution < 1.29 is 19.7 Å². The number of phenols is 2. The van der Waals surface area contributed by atoms with Crippen molar-refractivity contribution >= 4 is 0 Å². The molecule has 4 heterocycles. The van der Waals surface area contributed by atoms with Gasteiger partial charge < -0.3 is 30.3 Å². The largest absolute Gasteiger partial charge is 0.508 e. The molecule has 8 rings (SSSR count). The lowest BCUT2D eigenvalue weighted by molar-refractivity contribution is 0.0221. The molecule has 2 aromatic rings. The maximum Gasteiger partial charge on any atom is 0.115 e. The Morgan fingerprint density at radius 3 is 1.94 bits per heavy atom. The molecule has 6 nitrogen and oxygen atoms in total. The third-order valence-electron chi connectivity index (χ3n) is 14.4. The predicted molar refractivity (Wildman–Crippen MR) is 186 cm³/mol. The maximum atomic E-state index is 10.3. The van der Waals surface area contributed by atoms with Crippen molar-refractivity contribution in [2.24, 2.45) is 11.8 Å². The van der Waals surface area contributed by atoms with Crippen LogP contribution in [0.2, 0.25) is 0 Å². The van der Waals surface area contributed by atoms with Gasteiger partial charge in [0.05, 0.1) is 13.2 Å². The van der Waals surface area contributed by atoms with Crippen LogP contribution in [0.3, 0.4) is 0 Å². The minimum atomic E-state index is 0.0878. The molecule has 4 saturated heterocycles. The van der Waals surface area contributed by atoms with Gasteiger partial charge in [-0.05, 0) is 142 Å². The Balaban J connectivity index is 0.783. The Bertz CT molecular complexity index is 1450. The number of piperidine rings is 2. The second-order valence-corrected chi connectivity index (χ2v) is 17.1. The van der Waals surface area contributed by atoms with Crippen LogP contribution < -0.4 is 10.6 Å². The molecule has 0 amide bonds. The molecule has 0 spiro atoms. The number of nitrogens with one attached hydrogen (secondary N) is 2. The summed E-state index contributed by atoms with van der Waals surface area (Å²) in [4.78, 5) is 0. The summed E-state index contributed by atoms with van der Waals surface area (Å²) in [6.45, 7) is 7.83. The molecule has 4 N–H and O–H groups in total. The summed E-state index contributed by atoms with van der Waals surface area (Å²) in [6, 6.07) is 13.2. The molecule has 8 atom stereocenters. The van der Waals surface area contributed by atoms with E-state index in [9.17, 15) is 10.2 Å². The fraction of sp³-hybridized carbons (Fsp3) is 0.707. The molecule has 256 valence electrons. The van der Waals surface area contributed by atoms with Crippen molar-refractivity contribution in [3.8, 4) is 11.5 Å². The van der Waals surface area contributed by atoms with Crippen LogP contribution in [0.25, 0.3) is 0 Å². The molecule has 2 unspecified atom stereocenters. The highest BCUT2D eigenvalue weighted by atomic mass is 16.5. The second-order valence-electron chi connectivity index (χ2n) is 17.1. The first-order valence-corrected chi connectivity index (χ1v) is 19.1. The van der Waals surface area contributed by atoms with Crippen molar-refractivity contribution in [3.63, 3.8) is 0 Å². The van der Waals surface area contributed by atoms with Crippen LogP contribution in [-0.2, 0) is 33.1 Å². The molecule has 4 fully saturated rings. The molecule has 2 aromatic carbocycles. The number of rotatable bonds is 10. The lowest BCUT2D eigenvalue weighted by Crippen LogP contribution is -2.65. The van der Waals surface area contributed by atoms with Crippen LogP contribution in [0.15, 0.2) is 36.4 Å². The van der Waals surface area contributed by atoms with E-state index in [4.69, 9.17) is 9.47 Å². The van der Waals surface area contributed by atoms with Crippen LogP contribution in [-0.4, -0.2) is 59.8 Å². The standard InChI is InChI=1S/C41H58N2O4/c1-38-12-4-14-41(16-11-31(37(38)43-41)25-29-8-10-32(44)26-34(29)38)19-21-47-23-22-46-20-5-15-40-13-3-6-30-24-28-7-9-33(45)27-35(28)39(2,17-18-40)36(30)42-40/h7-10,26-27,30-31,36-37,42-45H,3-6,11-25H2,1-2H3/t30-,31-,36-,37-,38+,39+,40?,41?/m0/s1. The summed E-state index contributed by atoms with van der Waals surface area (Å²) < 4.78 is 12.3. The quantitative estimate of drug-likeness (QED) is 0.205. The molecule has 0 saturated carbocycles. The van der Waals surface area contributed by atoms with Crippen LogP contribution in [0, 0.1) is 11.8 Å². The normalized spacial score (nSPS) is 38.5. The van der Waals surface area contributed by atoms with Gasteiger partial charge in [-0.25, -0.2) is 0 Å².